The Morgan fingerprint density at radius 1 is 1.09 bits per heavy atom. The van der Waals surface area contributed by atoms with Crippen LogP contribution in [0.4, 0.5) is 0 Å². The van der Waals surface area contributed by atoms with E-state index in [9.17, 15) is 8.42 Å². The van der Waals surface area contributed by atoms with Crippen molar-refractivity contribution < 1.29 is 8.42 Å². The van der Waals surface area contributed by atoms with Gasteiger partial charge in [0.05, 0.1) is 12.1 Å². The summed E-state index contributed by atoms with van der Waals surface area (Å²) in [7, 11) is -4.01. The molecule has 4 N–H and O–H groups in total. The van der Waals surface area contributed by atoms with Crippen molar-refractivity contribution in [3.8, 4) is 12.1 Å². The van der Waals surface area contributed by atoms with Crippen molar-refractivity contribution in [1.29, 1.82) is 10.5 Å². The molecule has 0 aliphatic carbocycles. The highest BCUT2D eigenvalue weighted by Crippen LogP contribution is 1.98. The molecule has 2 atom stereocenters. The molecule has 0 aliphatic rings. The van der Waals surface area contributed by atoms with E-state index < -0.39 is 20.6 Å². The van der Waals surface area contributed by atoms with Crippen molar-refractivity contribution in [2.75, 3.05) is 0 Å². The molecule has 11 heavy (non-hydrogen) atoms. The van der Waals surface area contributed by atoms with Gasteiger partial charge in [-0.2, -0.15) is 10.5 Å². The molecule has 0 saturated carbocycles. The van der Waals surface area contributed by atoms with E-state index in [1.54, 1.807) is 0 Å². The number of nitriles is 2. The summed E-state index contributed by atoms with van der Waals surface area (Å²) in [5.41, 5.74) is 9.69. The molecule has 0 bridgehead atoms. The van der Waals surface area contributed by atoms with Crippen molar-refractivity contribution in [3.63, 3.8) is 0 Å². The predicted octanol–water partition coefficient (Wildman–Crippen LogP) is -1.98. The maximum Gasteiger partial charge on any atom is 0.208 e. The van der Waals surface area contributed by atoms with Crippen LogP contribution in [0, 0.1) is 22.7 Å². The maximum absolute atomic E-state index is 10.8. The number of rotatable bonds is 2. The Hall–Kier alpha value is -1.15. The zero-order chi connectivity index (χ0) is 9.07. The van der Waals surface area contributed by atoms with Crippen LogP contribution in [0.1, 0.15) is 0 Å². The summed E-state index contributed by atoms with van der Waals surface area (Å²) in [6.07, 6.45) is 0. The monoisotopic (exact) mass is 174 g/mol. The first-order valence-electron chi connectivity index (χ1n) is 2.50. The van der Waals surface area contributed by atoms with Gasteiger partial charge < -0.3 is 11.5 Å². The SMILES string of the molecule is N#CC(N)S(=O)(=O)C(N)C#N. The van der Waals surface area contributed by atoms with Gasteiger partial charge in [-0.05, 0) is 0 Å². The Morgan fingerprint density at radius 2 is 1.36 bits per heavy atom. The van der Waals surface area contributed by atoms with E-state index in [2.05, 4.69) is 0 Å². The zero-order valence-corrected chi connectivity index (χ0v) is 6.25. The Kier molecular flexibility index (Phi) is 2.96. The molecule has 60 valence electrons. The number of nitrogens with zero attached hydrogens (tertiary/aromatic N) is 2. The largest absolute Gasteiger partial charge is 0.303 e. The third kappa shape index (κ3) is 1.88. The summed E-state index contributed by atoms with van der Waals surface area (Å²) in [6, 6.07) is 2.56. The van der Waals surface area contributed by atoms with Gasteiger partial charge in [-0.3, -0.25) is 0 Å². The second kappa shape index (κ2) is 3.30. The third-order valence-corrected chi connectivity index (χ3v) is 2.59. The lowest BCUT2D eigenvalue weighted by Gasteiger charge is -2.05. The standard InChI is InChI=1S/C4H6N4O2S/c5-1-3(7)11(9,10)4(8)2-6/h3-4H,7-8H2. The van der Waals surface area contributed by atoms with Crippen LogP contribution in [0.15, 0.2) is 0 Å². The molecular weight excluding hydrogens is 168 g/mol. The van der Waals surface area contributed by atoms with Crippen LogP contribution in [0.5, 0.6) is 0 Å². The van der Waals surface area contributed by atoms with Gasteiger partial charge in [-0.25, -0.2) is 8.42 Å². The smallest absolute Gasteiger partial charge is 0.208 e. The van der Waals surface area contributed by atoms with E-state index in [4.69, 9.17) is 22.0 Å². The van der Waals surface area contributed by atoms with Crippen LogP contribution in [0.25, 0.3) is 0 Å². The van der Waals surface area contributed by atoms with Gasteiger partial charge in [0, 0.05) is 0 Å². The van der Waals surface area contributed by atoms with Crippen LogP contribution < -0.4 is 11.5 Å². The van der Waals surface area contributed by atoms with Crippen molar-refractivity contribution >= 4 is 9.84 Å². The molecule has 0 aromatic rings. The second-order valence-corrected chi connectivity index (χ2v) is 3.88. The lowest BCUT2D eigenvalue weighted by molar-refractivity contribution is 0.584. The number of hydrogen-bond donors (Lipinski definition) is 2. The second-order valence-electron chi connectivity index (χ2n) is 1.69. The van der Waals surface area contributed by atoms with Crippen LogP contribution in [0.2, 0.25) is 0 Å². The summed E-state index contributed by atoms with van der Waals surface area (Å²) in [5, 5.41) is 12.7. The van der Waals surface area contributed by atoms with E-state index in [-0.39, 0.29) is 0 Å². The molecule has 0 spiro atoms. The molecule has 0 radical (unpaired) electrons. The lowest BCUT2D eigenvalue weighted by Crippen LogP contribution is -2.41. The maximum atomic E-state index is 10.8. The van der Waals surface area contributed by atoms with Crippen molar-refractivity contribution in [3.05, 3.63) is 0 Å². The highest BCUT2D eigenvalue weighted by molar-refractivity contribution is 7.93. The van der Waals surface area contributed by atoms with E-state index in [0.29, 0.717) is 0 Å². The van der Waals surface area contributed by atoms with E-state index in [1.807, 2.05) is 0 Å². The molecule has 0 saturated heterocycles. The summed E-state index contributed by atoms with van der Waals surface area (Å²) in [5.74, 6) is 0. The summed E-state index contributed by atoms with van der Waals surface area (Å²) >= 11 is 0. The van der Waals surface area contributed by atoms with Gasteiger partial charge in [-0.15, -0.1) is 0 Å². The first-order chi connectivity index (χ1) is 4.96. The van der Waals surface area contributed by atoms with Gasteiger partial charge in [0.25, 0.3) is 0 Å². The van der Waals surface area contributed by atoms with Crippen LogP contribution in [0.3, 0.4) is 0 Å². The van der Waals surface area contributed by atoms with Gasteiger partial charge in [-0.1, -0.05) is 0 Å². The Morgan fingerprint density at radius 3 is 1.55 bits per heavy atom. The molecule has 2 unspecified atom stereocenters. The van der Waals surface area contributed by atoms with E-state index >= 15 is 0 Å². The Labute approximate surface area is 63.9 Å². The molecule has 0 aromatic carbocycles. The van der Waals surface area contributed by atoms with Gasteiger partial charge >= 0.3 is 0 Å². The Balaban J connectivity index is 4.83. The average molecular weight is 174 g/mol. The van der Waals surface area contributed by atoms with Crippen molar-refractivity contribution in [1.82, 2.24) is 0 Å². The van der Waals surface area contributed by atoms with E-state index in [1.165, 1.54) is 12.1 Å². The highest BCUT2D eigenvalue weighted by atomic mass is 32.2. The molecule has 0 rings (SSSR count). The number of sulfone groups is 1. The third-order valence-electron chi connectivity index (χ3n) is 0.962. The number of hydrogen-bond acceptors (Lipinski definition) is 6. The molecule has 0 aromatic heterocycles. The summed E-state index contributed by atoms with van der Waals surface area (Å²) in [6.45, 7) is 0. The molecular formula is C4H6N4O2S. The minimum Gasteiger partial charge on any atom is -0.303 e. The lowest BCUT2D eigenvalue weighted by atomic mass is 10.7. The van der Waals surface area contributed by atoms with Crippen molar-refractivity contribution in [2.24, 2.45) is 11.5 Å². The molecule has 0 heterocycles. The summed E-state index contributed by atoms with van der Waals surface area (Å²) in [4.78, 5) is 0. The van der Waals surface area contributed by atoms with Gasteiger partial charge in [0.15, 0.2) is 10.7 Å². The highest BCUT2D eigenvalue weighted by Gasteiger charge is 2.28. The first-order valence-corrected chi connectivity index (χ1v) is 4.11. The fourth-order valence-electron chi connectivity index (χ4n) is 0.305. The molecule has 0 fully saturated rings. The van der Waals surface area contributed by atoms with Gasteiger partial charge in [0.2, 0.25) is 9.84 Å². The fraction of sp³-hybridized carbons (Fsp3) is 0.500. The molecule has 7 heteroatoms. The quantitative estimate of drug-likeness (QED) is 0.498. The molecule has 0 amide bonds. The molecule has 6 nitrogen and oxygen atoms in total. The Bertz CT molecular complexity index is 282. The zero-order valence-electron chi connectivity index (χ0n) is 5.43. The minimum atomic E-state index is -4.01. The van der Waals surface area contributed by atoms with Crippen LogP contribution >= 0.6 is 0 Å². The van der Waals surface area contributed by atoms with Gasteiger partial charge in [0.1, 0.15) is 0 Å². The van der Waals surface area contributed by atoms with Crippen LogP contribution in [-0.2, 0) is 9.84 Å². The van der Waals surface area contributed by atoms with Crippen molar-refractivity contribution in [2.45, 2.75) is 10.7 Å². The molecule has 0 aliphatic heterocycles. The number of nitrogens with two attached hydrogens (primary N) is 2. The van der Waals surface area contributed by atoms with E-state index in [0.717, 1.165) is 0 Å². The summed E-state index contributed by atoms with van der Waals surface area (Å²) < 4.78 is 21.6. The minimum absolute atomic E-state index is 1.28. The predicted molar refractivity (Wildman–Crippen MR) is 36.1 cm³/mol. The topological polar surface area (TPSA) is 134 Å². The fourth-order valence-corrected chi connectivity index (χ4v) is 0.915. The normalized spacial score (nSPS) is 16.0. The van der Waals surface area contributed by atoms with Crippen LogP contribution in [-0.4, -0.2) is 19.2 Å². The first kappa shape index (κ1) is 9.85. The average Bonchev–Trinajstić information content (AvgIpc) is 2.01.